The van der Waals surface area contributed by atoms with Crippen LogP contribution in [0.5, 0.6) is 6.01 Å². The van der Waals surface area contributed by atoms with Crippen molar-refractivity contribution in [1.29, 1.82) is 0 Å². The highest BCUT2D eigenvalue weighted by Crippen LogP contribution is 2.18. The Balaban J connectivity index is 2.32. The van der Waals surface area contributed by atoms with Crippen LogP contribution in [-0.4, -0.2) is 22.6 Å². The average molecular weight is 207 g/mol. The highest BCUT2D eigenvalue weighted by atomic mass is 16.5. The molecule has 1 N–H and O–H groups in total. The Bertz CT molecular complexity index is 363. The van der Waals surface area contributed by atoms with E-state index in [1.54, 1.807) is 0 Å². The molecular weight excluding hydrogens is 190 g/mol. The monoisotopic (exact) mass is 207 g/mol. The van der Waals surface area contributed by atoms with E-state index in [0.717, 1.165) is 30.9 Å². The summed E-state index contributed by atoms with van der Waals surface area (Å²) in [5.41, 5.74) is 3.42. The second kappa shape index (κ2) is 4.14. The third kappa shape index (κ3) is 2.26. The van der Waals surface area contributed by atoms with Gasteiger partial charge in [0.2, 0.25) is 0 Å². The lowest BCUT2D eigenvalue weighted by Crippen LogP contribution is -2.26. The van der Waals surface area contributed by atoms with Crippen LogP contribution in [0.1, 0.15) is 30.8 Å². The van der Waals surface area contributed by atoms with Crippen molar-refractivity contribution in [2.45, 2.75) is 39.8 Å². The molecule has 0 atom stereocenters. The molecule has 0 amide bonds. The van der Waals surface area contributed by atoms with Gasteiger partial charge in [-0.2, -0.15) is 4.98 Å². The number of aromatic nitrogens is 2. The Kier molecular flexibility index (Phi) is 2.86. The van der Waals surface area contributed by atoms with Crippen LogP contribution in [0, 0.1) is 6.92 Å². The molecule has 0 unspecified atom stereocenters. The summed E-state index contributed by atoms with van der Waals surface area (Å²) < 4.78 is 5.51. The van der Waals surface area contributed by atoms with Crippen molar-refractivity contribution >= 4 is 0 Å². The van der Waals surface area contributed by atoms with Gasteiger partial charge < -0.3 is 10.1 Å². The van der Waals surface area contributed by atoms with Crippen molar-refractivity contribution in [1.82, 2.24) is 15.3 Å². The molecule has 4 heteroatoms. The third-order valence-electron chi connectivity index (χ3n) is 2.46. The molecule has 0 aromatic carbocycles. The van der Waals surface area contributed by atoms with E-state index >= 15 is 0 Å². The summed E-state index contributed by atoms with van der Waals surface area (Å²) in [4.78, 5) is 8.78. The molecule has 1 aromatic heterocycles. The SMILES string of the molecule is Cc1nc(OC(C)C)nc2c1CCNC2. The van der Waals surface area contributed by atoms with Gasteiger partial charge in [0.15, 0.2) is 0 Å². The molecule has 2 heterocycles. The summed E-state index contributed by atoms with van der Waals surface area (Å²) in [6.07, 6.45) is 1.14. The fourth-order valence-electron chi connectivity index (χ4n) is 1.78. The first kappa shape index (κ1) is 10.4. The average Bonchev–Trinajstić information content (AvgIpc) is 2.16. The van der Waals surface area contributed by atoms with Crippen molar-refractivity contribution in [2.75, 3.05) is 6.54 Å². The summed E-state index contributed by atoms with van der Waals surface area (Å²) in [7, 11) is 0. The topological polar surface area (TPSA) is 47.0 Å². The lowest BCUT2D eigenvalue weighted by Gasteiger charge is -2.19. The predicted molar refractivity (Wildman–Crippen MR) is 57.9 cm³/mol. The third-order valence-corrected chi connectivity index (χ3v) is 2.46. The summed E-state index contributed by atoms with van der Waals surface area (Å²) >= 11 is 0. The van der Waals surface area contributed by atoms with Crippen molar-refractivity contribution in [3.05, 3.63) is 17.0 Å². The van der Waals surface area contributed by atoms with Crippen LogP contribution in [0.2, 0.25) is 0 Å². The molecule has 15 heavy (non-hydrogen) atoms. The number of aryl methyl sites for hydroxylation is 1. The highest BCUT2D eigenvalue weighted by Gasteiger charge is 2.15. The second-order valence-electron chi connectivity index (χ2n) is 4.11. The Labute approximate surface area is 90.1 Å². The van der Waals surface area contributed by atoms with E-state index in [4.69, 9.17) is 4.74 Å². The number of fused-ring (bicyclic) bond motifs is 1. The fourth-order valence-corrected chi connectivity index (χ4v) is 1.78. The maximum atomic E-state index is 5.51. The molecule has 0 saturated heterocycles. The van der Waals surface area contributed by atoms with Gasteiger partial charge >= 0.3 is 6.01 Å². The van der Waals surface area contributed by atoms with E-state index in [-0.39, 0.29) is 6.10 Å². The molecule has 0 bridgehead atoms. The molecule has 0 aliphatic carbocycles. The quantitative estimate of drug-likeness (QED) is 0.792. The number of rotatable bonds is 2. The fraction of sp³-hybridized carbons (Fsp3) is 0.636. The van der Waals surface area contributed by atoms with E-state index in [1.165, 1.54) is 5.56 Å². The van der Waals surface area contributed by atoms with E-state index in [0.29, 0.717) is 6.01 Å². The van der Waals surface area contributed by atoms with Gasteiger partial charge in [-0.05, 0) is 39.3 Å². The number of nitrogens with one attached hydrogen (secondary N) is 1. The van der Waals surface area contributed by atoms with Crippen LogP contribution in [-0.2, 0) is 13.0 Å². The second-order valence-corrected chi connectivity index (χ2v) is 4.11. The largest absolute Gasteiger partial charge is 0.461 e. The van der Waals surface area contributed by atoms with Crippen molar-refractivity contribution in [2.24, 2.45) is 0 Å². The molecule has 82 valence electrons. The number of ether oxygens (including phenoxy) is 1. The zero-order valence-corrected chi connectivity index (χ0v) is 9.50. The first-order valence-electron chi connectivity index (χ1n) is 5.40. The van der Waals surface area contributed by atoms with E-state index in [2.05, 4.69) is 15.3 Å². The molecule has 1 aliphatic heterocycles. The number of nitrogens with zero attached hydrogens (tertiary/aromatic N) is 2. The van der Waals surface area contributed by atoms with Crippen LogP contribution < -0.4 is 10.1 Å². The maximum absolute atomic E-state index is 5.51. The lowest BCUT2D eigenvalue weighted by atomic mass is 10.1. The minimum Gasteiger partial charge on any atom is -0.461 e. The van der Waals surface area contributed by atoms with Gasteiger partial charge in [-0.15, -0.1) is 0 Å². The molecule has 0 saturated carbocycles. The highest BCUT2D eigenvalue weighted by molar-refractivity contribution is 5.28. The molecule has 0 radical (unpaired) electrons. The summed E-state index contributed by atoms with van der Waals surface area (Å²) in [6.45, 7) is 7.83. The van der Waals surface area contributed by atoms with Crippen molar-refractivity contribution < 1.29 is 4.74 Å². The van der Waals surface area contributed by atoms with E-state index < -0.39 is 0 Å². The van der Waals surface area contributed by atoms with Crippen LogP contribution >= 0.6 is 0 Å². The van der Waals surface area contributed by atoms with Gasteiger partial charge in [-0.1, -0.05) is 0 Å². The minimum atomic E-state index is 0.124. The molecule has 1 aliphatic rings. The van der Waals surface area contributed by atoms with Gasteiger partial charge in [0.1, 0.15) is 0 Å². The van der Waals surface area contributed by atoms with Gasteiger partial charge in [0.25, 0.3) is 0 Å². The lowest BCUT2D eigenvalue weighted by molar-refractivity contribution is 0.220. The first-order valence-corrected chi connectivity index (χ1v) is 5.40. The van der Waals surface area contributed by atoms with Crippen LogP contribution in [0.3, 0.4) is 0 Å². The van der Waals surface area contributed by atoms with Crippen molar-refractivity contribution in [3.8, 4) is 6.01 Å². The Morgan fingerprint density at radius 2 is 2.13 bits per heavy atom. The van der Waals surface area contributed by atoms with Crippen LogP contribution in [0.4, 0.5) is 0 Å². The minimum absolute atomic E-state index is 0.124. The van der Waals surface area contributed by atoms with E-state index in [1.807, 2.05) is 20.8 Å². The van der Waals surface area contributed by atoms with Gasteiger partial charge in [0.05, 0.1) is 11.8 Å². The van der Waals surface area contributed by atoms with Crippen LogP contribution in [0.25, 0.3) is 0 Å². The molecule has 0 spiro atoms. The van der Waals surface area contributed by atoms with Gasteiger partial charge in [-0.3, -0.25) is 0 Å². The zero-order valence-electron chi connectivity index (χ0n) is 9.50. The summed E-state index contributed by atoms with van der Waals surface area (Å²) in [5.74, 6) is 0. The van der Waals surface area contributed by atoms with Crippen LogP contribution in [0.15, 0.2) is 0 Å². The smallest absolute Gasteiger partial charge is 0.317 e. The Morgan fingerprint density at radius 3 is 2.87 bits per heavy atom. The standard InChI is InChI=1S/C11H17N3O/c1-7(2)15-11-13-8(3)9-4-5-12-6-10(9)14-11/h7,12H,4-6H2,1-3H3. The summed E-state index contributed by atoms with van der Waals surface area (Å²) in [6, 6.07) is 0.505. The molecule has 0 fully saturated rings. The van der Waals surface area contributed by atoms with E-state index in [9.17, 15) is 0 Å². The Morgan fingerprint density at radius 1 is 1.33 bits per heavy atom. The maximum Gasteiger partial charge on any atom is 0.317 e. The Hall–Kier alpha value is -1.16. The summed E-state index contributed by atoms with van der Waals surface area (Å²) in [5, 5.41) is 3.30. The first-order chi connectivity index (χ1) is 7.16. The van der Waals surface area contributed by atoms with Gasteiger partial charge in [-0.25, -0.2) is 4.98 Å². The number of hydrogen-bond acceptors (Lipinski definition) is 4. The predicted octanol–water partition coefficient (Wildman–Crippen LogP) is 1.22. The molecular formula is C11H17N3O. The zero-order chi connectivity index (χ0) is 10.8. The number of hydrogen-bond donors (Lipinski definition) is 1. The molecule has 1 aromatic rings. The molecule has 4 nitrogen and oxygen atoms in total. The molecule has 2 rings (SSSR count). The normalized spacial score (nSPS) is 15.2. The van der Waals surface area contributed by atoms with Crippen molar-refractivity contribution in [3.63, 3.8) is 0 Å². The van der Waals surface area contributed by atoms with Gasteiger partial charge in [0, 0.05) is 12.2 Å².